The molecule has 3 rings (SSSR count). The zero-order valence-electron chi connectivity index (χ0n) is 9.89. The molecule has 5 heteroatoms. The molecule has 1 fully saturated rings. The van der Waals surface area contributed by atoms with Gasteiger partial charge in [0.15, 0.2) is 0 Å². The predicted molar refractivity (Wildman–Crippen MR) is 68.9 cm³/mol. The van der Waals surface area contributed by atoms with Gasteiger partial charge in [0.1, 0.15) is 0 Å². The molecule has 0 radical (unpaired) electrons. The summed E-state index contributed by atoms with van der Waals surface area (Å²) in [7, 11) is 0. The van der Waals surface area contributed by atoms with Crippen LogP contribution in [0.5, 0.6) is 0 Å². The number of primary amides is 1. The van der Waals surface area contributed by atoms with E-state index in [1.165, 1.54) is 12.8 Å². The minimum Gasteiger partial charge on any atom is -0.368 e. The second kappa shape index (κ2) is 3.94. The Balaban J connectivity index is 2.26. The van der Waals surface area contributed by atoms with E-state index < -0.39 is 5.91 Å². The summed E-state index contributed by atoms with van der Waals surface area (Å²) >= 11 is 0. The fourth-order valence-corrected chi connectivity index (χ4v) is 2.23. The van der Waals surface area contributed by atoms with Gasteiger partial charge in [0, 0.05) is 5.39 Å². The highest BCUT2D eigenvalue weighted by atomic mass is 16.1. The second-order valence-electron chi connectivity index (χ2n) is 4.74. The molecule has 1 saturated carbocycles. The Bertz CT molecular complexity index is 634. The number of nitrogen functional groups attached to an aromatic ring is 1. The molecule has 0 saturated heterocycles. The van der Waals surface area contributed by atoms with Crippen molar-refractivity contribution in [3.63, 3.8) is 0 Å². The van der Waals surface area contributed by atoms with Crippen LogP contribution in [-0.2, 0) is 6.42 Å². The lowest BCUT2D eigenvalue weighted by Gasteiger charge is -2.09. The number of amides is 1. The van der Waals surface area contributed by atoms with Crippen molar-refractivity contribution in [3.8, 4) is 0 Å². The van der Waals surface area contributed by atoms with Gasteiger partial charge in [-0.3, -0.25) is 4.79 Å². The first-order valence-electron chi connectivity index (χ1n) is 6.00. The van der Waals surface area contributed by atoms with Gasteiger partial charge in [-0.25, -0.2) is 9.97 Å². The van der Waals surface area contributed by atoms with Crippen molar-refractivity contribution in [2.24, 2.45) is 11.7 Å². The Morgan fingerprint density at radius 1 is 1.33 bits per heavy atom. The predicted octanol–water partition coefficient (Wildman–Crippen LogP) is 1.26. The minimum atomic E-state index is -0.453. The summed E-state index contributed by atoms with van der Waals surface area (Å²) in [5.74, 6) is 0.453. The van der Waals surface area contributed by atoms with E-state index >= 15 is 0 Å². The molecular formula is C13H14N4O. The minimum absolute atomic E-state index is 0.250. The molecule has 0 spiro atoms. The topological polar surface area (TPSA) is 94.9 Å². The molecule has 1 heterocycles. The van der Waals surface area contributed by atoms with Crippen LogP contribution in [0.1, 0.15) is 28.9 Å². The molecule has 18 heavy (non-hydrogen) atoms. The first-order chi connectivity index (χ1) is 8.65. The molecule has 1 aliphatic rings. The van der Waals surface area contributed by atoms with E-state index in [0.717, 1.165) is 17.5 Å². The third-order valence-corrected chi connectivity index (χ3v) is 3.26. The summed E-state index contributed by atoms with van der Waals surface area (Å²) < 4.78 is 0. The van der Waals surface area contributed by atoms with Crippen LogP contribution in [0.2, 0.25) is 0 Å². The highest BCUT2D eigenvalue weighted by Gasteiger charge is 2.24. The largest absolute Gasteiger partial charge is 0.368 e. The molecule has 1 amide bonds. The van der Waals surface area contributed by atoms with Crippen LogP contribution in [0, 0.1) is 5.92 Å². The maximum atomic E-state index is 11.5. The average molecular weight is 242 g/mol. The number of aromatic nitrogens is 2. The van der Waals surface area contributed by atoms with E-state index in [4.69, 9.17) is 11.5 Å². The number of carbonyl (C=O) groups excluding carboxylic acids is 1. The first kappa shape index (κ1) is 11.0. The number of anilines is 1. The number of hydrogen-bond acceptors (Lipinski definition) is 4. The fraction of sp³-hybridized carbons (Fsp3) is 0.308. The average Bonchev–Trinajstić information content (AvgIpc) is 3.11. The van der Waals surface area contributed by atoms with Crippen LogP contribution < -0.4 is 11.5 Å². The number of rotatable bonds is 3. The van der Waals surface area contributed by atoms with Gasteiger partial charge in [-0.2, -0.15) is 0 Å². The Hall–Kier alpha value is -2.17. The lowest BCUT2D eigenvalue weighted by Crippen LogP contribution is -2.13. The highest BCUT2D eigenvalue weighted by molar-refractivity contribution is 6.06. The molecule has 4 N–H and O–H groups in total. The normalized spacial score (nSPS) is 14.9. The van der Waals surface area contributed by atoms with Crippen molar-refractivity contribution in [2.45, 2.75) is 19.3 Å². The van der Waals surface area contributed by atoms with Gasteiger partial charge in [-0.15, -0.1) is 0 Å². The monoisotopic (exact) mass is 242 g/mol. The number of hydrogen-bond donors (Lipinski definition) is 2. The van der Waals surface area contributed by atoms with Crippen molar-refractivity contribution in [1.82, 2.24) is 9.97 Å². The van der Waals surface area contributed by atoms with Crippen molar-refractivity contribution in [2.75, 3.05) is 5.73 Å². The van der Waals surface area contributed by atoms with Gasteiger partial charge in [0.2, 0.25) is 11.9 Å². The molecule has 0 aliphatic heterocycles. The van der Waals surface area contributed by atoms with Crippen LogP contribution >= 0.6 is 0 Å². The van der Waals surface area contributed by atoms with E-state index in [9.17, 15) is 4.79 Å². The van der Waals surface area contributed by atoms with Gasteiger partial charge in [0.05, 0.1) is 16.8 Å². The van der Waals surface area contributed by atoms with E-state index in [-0.39, 0.29) is 5.95 Å². The molecule has 1 aliphatic carbocycles. The molecule has 2 aromatic rings. The summed E-state index contributed by atoms with van der Waals surface area (Å²) in [6.45, 7) is 0. The van der Waals surface area contributed by atoms with Crippen molar-refractivity contribution >= 4 is 22.8 Å². The molecule has 0 bridgehead atoms. The van der Waals surface area contributed by atoms with Crippen LogP contribution in [0.15, 0.2) is 18.2 Å². The molecule has 92 valence electrons. The maximum Gasteiger partial charge on any atom is 0.249 e. The van der Waals surface area contributed by atoms with Gasteiger partial charge in [-0.05, 0) is 37.3 Å². The molecule has 5 nitrogen and oxygen atoms in total. The Morgan fingerprint density at radius 3 is 2.78 bits per heavy atom. The van der Waals surface area contributed by atoms with Gasteiger partial charge >= 0.3 is 0 Å². The zero-order chi connectivity index (χ0) is 12.7. The number of nitrogens with two attached hydrogens (primary N) is 2. The maximum absolute atomic E-state index is 11.5. The lowest BCUT2D eigenvalue weighted by atomic mass is 10.0. The van der Waals surface area contributed by atoms with Crippen molar-refractivity contribution in [3.05, 3.63) is 29.5 Å². The Labute approximate surface area is 104 Å². The van der Waals surface area contributed by atoms with Gasteiger partial charge in [-0.1, -0.05) is 6.07 Å². The second-order valence-corrected chi connectivity index (χ2v) is 4.74. The third-order valence-electron chi connectivity index (χ3n) is 3.26. The summed E-state index contributed by atoms with van der Waals surface area (Å²) in [6.07, 6.45) is 3.27. The molecule has 1 aromatic heterocycles. The quantitative estimate of drug-likeness (QED) is 0.847. The van der Waals surface area contributed by atoms with E-state index in [1.54, 1.807) is 12.1 Å². The zero-order valence-corrected chi connectivity index (χ0v) is 9.89. The molecule has 0 unspecified atom stereocenters. The van der Waals surface area contributed by atoms with Gasteiger partial charge < -0.3 is 11.5 Å². The highest BCUT2D eigenvalue weighted by Crippen LogP contribution is 2.34. The summed E-state index contributed by atoms with van der Waals surface area (Å²) in [5, 5.41) is 0.756. The number of nitrogens with zero attached hydrogens (tertiary/aromatic N) is 2. The third kappa shape index (κ3) is 1.88. The number of carbonyl (C=O) groups is 1. The van der Waals surface area contributed by atoms with Crippen LogP contribution in [0.25, 0.3) is 10.9 Å². The van der Waals surface area contributed by atoms with Crippen molar-refractivity contribution in [1.29, 1.82) is 0 Å². The van der Waals surface area contributed by atoms with Crippen molar-refractivity contribution < 1.29 is 4.79 Å². The fourth-order valence-electron chi connectivity index (χ4n) is 2.23. The van der Waals surface area contributed by atoms with Gasteiger partial charge in [0.25, 0.3) is 0 Å². The number of fused-ring (bicyclic) bond motifs is 1. The van der Waals surface area contributed by atoms with E-state index in [1.807, 2.05) is 6.07 Å². The summed E-state index contributed by atoms with van der Waals surface area (Å²) in [5.41, 5.74) is 13.1. The molecule has 0 atom stereocenters. The first-order valence-corrected chi connectivity index (χ1v) is 6.00. The smallest absolute Gasteiger partial charge is 0.249 e. The Morgan fingerprint density at radius 2 is 2.11 bits per heavy atom. The van der Waals surface area contributed by atoms with Crippen LogP contribution in [0.4, 0.5) is 5.95 Å². The van der Waals surface area contributed by atoms with Crippen LogP contribution in [0.3, 0.4) is 0 Å². The number of benzene rings is 1. The molecular weight excluding hydrogens is 228 g/mol. The van der Waals surface area contributed by atoms with E-state index in [0.29, 0.717) is 17.0 Å². The SMILES string of the molecule is NC(=O)c1cccc2nc(N)nc(CC3CC3)c12. The molecule has 1 aromatic carbocycles. The van der Waals surface area contributed by atoms with E-state index in [2.05, 4.69) is 9.97 Å². The lowest BCUT2D eigenvalue weighted by molar-refractivity contribution is 0.100. The van der Waals surface area contributed by atoms with Crippen LogP contribution in [-0.4, -0.2) is 15.9 Å². The Kier molecular flexibility index (Phi) is 2.40. The standard InChI is InChI=1S/C13H14N4O/c14-12(18)8-2-1-3-9-11(8)10(6-7-4-5-7)17-13(15)16-9/h1-3,7H,4-6H2,(H2,14,18)(H2,15,16,17). The summed E-state index contributed by atoms with van der Waals surface area (Å²) in [6, 6.07) is 5.30. The summed E-state index contributed by atoms with van der Waals surface area (Å²) in [4.78, 5) is 19.9.